The predicted molar refractivity (Wildman–Crippen MR) is 73.6 cm³/mol. The highest BCUT2D eigenvalue weighted by Gasteiger charge is 2.07. The van der Waals surface area contributed by atoms with E-state index in [1.807, 2.05) is 44.2 Å². The van der Waals surface area contributed by atoms with Crippen LogP contribution in [-0.4, -0.2) is 33.9 Å². The van der Waals surface area contributed by atoms with E-state index in [0.29, 0.717) is 19.0 Å². The molecule has 1 aromatic heterocycles. The van der Waals surface area contributed by atoms with Gasteiger partial charge in [0.05, 0.1) is 13.2 Å². The Bertz CT molecular complexity index is 574. The van der Waals surface area contributed by atoms with Crippen molar-refractivity contribution in [1.29, 1.82) is 0 Å². The van der Waals surface area contributed by atoms with Crippen LogP contribution in [0.15, 0.2) is 35.9 Å². The molecule has 1 heterocycles. The molecular weight excluding hydrogens is 240 g/mol. The lowest BCUT2D eigenvalue weighted by Crippen LogP contribution is -2.02. The van der Waals surface area contributed by atoms with Gasteiger partial charge in [0.2, 0.25) is 5.82 Å². The molecule has 0 unspecified atom stereocenters. The van der Waals surface area contributed by atoms with Crippen LogP contribution < -0.4 is 0 Å². The number of tetrazole rings is 1. The van der Waals surface area contributed by atoms with E-state index >= 15 is 0 Å². The van der Waals surface area contributed by atoms with Gasteiger partial charge in [0.25, 0.3) is 0 Å². The van der Waals surface area contributed by atoms with E-state index in [4.69, 9.17) is 4.74 Å². The summed E-state index contributed by atoms with van der Waals surface area (Å²) in [5.74, 6) is 0.663. The molecule has 0 N–H and O–H groups in total. The lowest BCUT2D eigenvalue weighted by molar-refractivity contribution is 0.225. The fourth-order valence-electron chi connectivity index (χ4n) is 1.78. The molecule has 100 valence electrons. The van der Waals surface area contributed by atoms with Crippen LogP contribution in [0.3, 0.4) is 0 Å². The first-order valence-corrected chi connectivity index (χ1v) is 6.19. The normalized spacial score (nSPS) is 11.8. The lowest BCUT2D eigenvalue weighted by Gasteiger charge is -1.99. The Morgan fingerprint density at radius 2 is 2.16 bits per heavy atom. The summed E-state index contributed by atoms with van der Waals surface area (Å²) >= 11 is 0. The summed E-state index contributed by atoms with van der Waals surface area (Å²) in [6.45, 7) is 5.29. The average Bonchev–Trinajstić information content (AvgIpc) is 2.86. The van der Waals surface area contributed by atoms with Gasteiger partial charge in [-0.05, 0) is 30.2 Å². The van der Waals surface area contributed by atoms with Gasteiger partial charge in [-0.15, -0.1) is 10.2 Å². The maximum atomic E-state index is 5.05. The highest BCUT2D eigenvalue weighted by Crippen LogP contribution is 2.17. The van der Waals surface area contributed by atoms with Crippen molar-refractivity contribution in [2.45, 2.75) is 20.4 Å². The molecule has 5 nitrogen and oxygen atoms in total. The van der Waals surface area contributed by atoms with Crippen molar-refractivity contribution in [3.8, 4) is 11.4 Å². The molecule has 0 radical (unpaired) electrons. The largest absolute Gasteiger partial charge is 0.380 e. The number of nitrogens with zero attached hydrogens (tertiary/aromatic N) is 4. The summed E-state index contributed by atoms with van der Waals surface area (Å²) in [5.41, 5.74) is 3.32. The van der Waals surface area contributed by atoms with E-state index in [1.54, 1.807) is 11.9 Å². The molecule has 0 aliphatic rings. The number of aryl methyl sites for hydroxylation is 1. The molecule has 0 saturated carbocycles. The maximum Gasteiger partial charge on any atom is 0.205 e. The third-order valence-electron chi connectivity index (χ3n) is 2.81. The number of benzene rings is 1. The first kappa shape index (κ1) is 13.4. The SMILES string of the molecule is COC/C(C)=C/Cn1nnc(-c2ccccc2C)n1. The second-order valence-corrected chi connectivity index (χ2v) is 4.47. The molecule has 1 aromatic carbocycles. The fraction of sp³-hybridized carbons (Fsp3) is 0.357. The monoisotopic (exact) mass is 258 g/mol. The molecule has 0 amide bonds. The van der Waals surface area contributed by atoms with Gasteiger partial charge >= 0.3 is 0 Å². The number of allylic oxidation sites excluding steroid dienone is 1. The summed E-state index contributed by atoms with van der Waals surface area (Å²) in [5, 5.41) is 12.5. The Morgan fingerprint density at radius 3 is 2.89 bits per heavy atom. The summed E-state index contributed by atoms with van der Waals surface area (Å²) < 4.78 is 5.05. The molecule has 5 heteroatoms. The highest BCUT2D eigenvalue weighted by molar-refractivity contribution is 5.58. The van der Waals surface area contributed by atoms with Crippen molar-refractivity contribution in [3.63, 3.8) is 0 Å². The molecule has 0 aliphatic heterocycles. The third-order valence-corrected chi connectivity index (χ3v) is 2.81. The number of methoxy groups -OCH3 is 1. The number of ether oxygens (including phenoxy) is 1. The number of hydrogen-bond donors (Lipinski definition) is 0. The van der Waals surface area contributed by atoms with Crippen LogP contribution >= 0.6 is 0 Å². The van der Waals surface area contributed by atoms with Gasteiger partial charge in [-0.2, -0.15) is 4.80 Å². The minimum absolute atomic E-state index is 0.605. The minimum Gasteiger partial charge on any atom is -0.380 e. The Labute approximate surface area is 112 Å². The molecule has 19 heavy (non-hydrogen) atoms. The lowest BCUT2D eigenvalue weighted by atomic mass is 10.1. The van der Waals surface area contributed by atoms with E-state index in [9.17, 15) is 0 Å². The van der Waals surface area contributed by atoms with Crippen molar-refractivity contribution in [3.05, 3.63) is 41.5 Å². The van der Waals surface area contributed by atoms with Crippen LogP contribution in [0.1, 0.15) is 12.5 Å². The summed E-state index contributed by atoms with van der Waals surface area (Å²) in [6, 6.07) is 8.02. The van der Waals surface area contributed by atoms with Crippen molar-refractivity contribution in [2.24, 2.45) is 0 Å². The molecule has 0 spiro atoms. The Kier molecular flexibility index (Phi) is 4.41. The van der Waals surface area contributed by atoms with Crippen LogP contribution in [-0.2, 0) is 11.3 Å². The van der Waals surface area contributed by atoms with Gasteiger partial charge in [-0.3, -0.25) is 0 Å². The van der Waals surface area contributed by atoms with Crippen molar-refractivity contribution < 1.29 is 4.74 Å². The van der Waals surface area contributed by atoms with Crippen LogP contribution in [0.25, 0.3) is 11.4 Å². The van der Waals surface area contributed by atoms with Gasteiger partial charge in [-0.1, -0.05) is 30.3 Å². The number of rotatable bonds is 5. The van der Waals surface area contributed by atoms with Gasteiger partial charge in [0.1, 0.15) is 0 Å². The van der Waals surface area contributed by atoms with Gasteiger partial charge in [0, 0.05) is 12.7 Å². The molecule has 2 rings (SSSR count). The smallest absolute Gasteiger partial charge is 0.205 e. The molecule has 0 atom stereocenters. The number of aromatic nitrogens is 4. The van der Waals surface area contributed by atoms with E-state index in [0.717, 1.165) is 16.7 Å². The summed E-state index contributed by atoms with van der Waals surface area (Å²) in [6.07, 6.45) is 2.03. The molecule has 0 bridgehead atoms. The summed E-state index contributed by atoms with van der Waals surface area (Å²) in [4.78, 5) is 1.58. The third kappa shape index (κ3) is 3.48. The molecular formula is C14H18N4O. The number of hydrogen-bond acceptors (Lipinski definition) is 4. The maximum absolute atomic E-state index is 5.05. The zero-order valence-corrected chi connectivity index (χ0v) is 11.5. The van der Waals surface area contributed by atoms with Gasteiger partial charge < -0.3 is 4.74 Å². The van der Waals surface area contributed by atoms with E-state index in [2.05, 4.69) is 15.4 Å². The second-order valence-electron chi connectivity index (χ2n) is 4.47. The molecule has 0 fully saturated rings. The topological polar surface area (TPSA) is 52.8 Å². The molecule has 0 aliphatic carbocycles. The second kappa shape index (κ2) is 6.24. The van der Waals surface area contributed by atoms with E-state index in [-0.39, 0.29) is 0 Å². The van der Waals surface area contributed by atoms with Gasteiger partial charge in [-0.25, -0.2) is 0 Å². The quantitative estimate of drug-likeness (QED) is 0.772. The van der Waals surface area contributed by atoms with Crippen molar-refractivity contribution in [1.82, 2.24) is 20.2 Å². The highest BCUT2D eigenvalue weighted by atomic mass is 16.5. The average molecular weight is 258 g/mol. The predicted octanol–water partition coefficient (Wildman–Crippen LogP) is 2.24. The summed E-state index contributed by atoms with van der Waals surface area (Å²) in [7, 11) is 1.68. The zero-order chi connectivity index (χ0) is 13.7. The van der Waals surface area contributed by atoms with Crippen LogP contribution in [0.5, 0.6) is 0 Å². The fourth-order valence-corrected chi connectivity index (χ4v) is 1.78. The van der Waals surface area contributed by atoms with Crippen LogP contribution in [0.4, 0.5) is 0 Å². The Morgan fingerprint density at radius 1 is 1.37 bits per heavy atom. The molecule has 0 saturated heterocycles. The van der Waals surface area contributed by atoms with E-state index in [1.165, 1.54) is 0 Å². The van der Waals surface area contributed by atoms with Gasteiger partial charge in [0.15, 0.2) is 0 Å². The molecule has 2 aromatic rings. The minimum atomic E-state index is 0.605. The first-order valence-electron chi connectivity index (χ1n) is 6.19. The van der Waals surface area contributed by atoms with E-state index < -0.39 is 0 Å². The van der Waals surface area contributed by atoms with Crippen molar-refractivity contribution >= 4 is 0 Å². The van der Waals surface area contributed by atoms with Crippen LogP contribution in [0, 0.1) is 6.92 Å². The zero-order valence-electron chi connectivity index (χ0n) is 11.5. The van der Waals surface area contributed by atoms with Crippen LogP contribution in [0.2, 0.25) is 0 Å². The Hall–Kier alpha value is -2.01. The standard InChI is InChI=1S/C14H18N4O/c1-11(10-19-3)8-9-18-16-14(15-17-18)13-7-5-4-6-12(13)2/h4-8H,9-10H2,1-3H3/b11-8+. The Balaban J connectivity index is 2.12. The first-order chi connectivity index (χ1) is 9.20. The van der Waals surface area contributed by atoms with Crippen molar-refractivity contribution in [2.75, 3.05) is 13.7 Å².